The molecule has 13 N–H and O–H groups in total. The predicted octanol–water partition coefficient (Wildman–Crippen LogP) is -4.04. The van der Waals surface area contributed by atoms with Crippen LogP contribution in [-0.4, -0.2) is 157 Å². The fraction of sp³-hybridized carbons (Fsp3) is 0.607. The molecule has 29 heteroatoms. The first-order chi connectivity index (χ1) is 26.3. The lowest BCUT2D eigenvalue weighted by molar-refractivity contribution is -0.192. The summed E-state index contributed by atoms with van der Waals surface area (Å²) in [5.74, 6) is -14.5. The summed E-state index contributed by atoms with van der Waals surface area (Å²) in [7, 11) is 0. The monoisotopic (exact) mass is 885 g/mol. The van der Waals surface area contributed by atoms with E-state index < -0.39 is 140 Å². The van der Waals surface area contributed by atoms with E-state index in [9.17, 15) is 71.3 Å². The van der Waals surface area contributed by atoms with Crippen LogP contribution in [0.1, 0.15) is 38.5 Å². The zero-order valence-corrected chi connectivity index (χ0v) is 32.0. The van der Waals surface area contributed by atoms with Crippen LogP contribution >= 0.6 is 37.9 Å². The van der Waals surface area contributed by atoms with Gasteiger partial charge >= 0.3 is 36.0 Å². The van der Waals surface area contributed by atoms with Gasteiger partial charge in [0, 0.05) is 36.5 Å². The second-order valence-electron chi connectivity index (χ2n) is 11.2. The SMILES string of the molecule is N[C@@H](CCC(=O)N[C@@H](CS)C(=O)N[C@@H](CCC(=O)N[C@@H](CS)C(=O)N[C@@H](CCC(=O)N[C@@H](CS)C(=O)NCC(=O)O)C(=O)O)C(=O)O)C(=O)O.O=C(O)C(F)(F)F. The predicted molar refractivity (Wildman–Crippen MR) is 194 cm³/mol. The lowest BCUT2D eigenvalue weighted by atomic mass is 10.1. The van der Waals surface area contributed by atoms with Gasteiger partial charge in [-0.1, -0.05) is 0 Å². The van der Waals surface area contributed by atoms with Gasteiger partial charge < -0.3 is 63.2 Å². The highest BCUT2D eigenvalue weighted by Gasteiger charge is 2.38. The van der Waals surface area contributed by atoms with Crippen LogP contribution in [0.2, 0.25) is 0 Å². The van der Waals surface area contributed by atoms with Gasteiger partial charge in [0.15, 0.2) is 0 Å². The quantitative estimate of drug-likeness (QED) is 0.0388. The molecular weight excluding hydrogens is 844 g/mol. The van der Waals surface area contributed by atoms with Crippen molar-refractivity contribution < 1.29 is 91.4 Å². The highest BCUT2D eigenvalue weighted by molar-refractivity contribution is 7.80. The summed E-state index contributed by atoms with van der Waals surface area (Å²) >= 11 is 11.8. The van der Waals surface area contributed by atoms with Crippen LogP contribution in [0.5, 0.6) is 0 Å². The minimum absolute atomic E-state index is 0.207. The second-order valence-corrected chi connectivity index (χ2v) is 12.3. The number of carboxylic acids is 5. The molecule has 0 aliphatic rings. The Morgan fingerprint density at radius 1 is 0.509 bits per heavy atom. The average Bonchev–Trinajstić information content (AvgIpc) is 3.12. The number of nitrogens with two attached hydrogens (primary N) is 1. The lowest BCUT2D eigenvalue weighted by Crippen LogP contribution is -2.54. The molecule has 6 amide bonds. The number of aliphatic carboxylic acids is 5. The minimum Gasteiger partial charge on any atom is -0.480 e. The number of halogens is 3. The number of rotatable bonds is 25. The molecule has 0 heterocycles. The van der Waals surface area contributed by atoms with E-state index >= 15 is 0 Å². The molecule has 0 aromatic carbocycles. The number of nitrogens with one attached hydrogen (secondary N) is 6. The van der Waals surface area contributed by atoms with Crippen LogP contribution in [0.15, 0.2) is 0 Å². The van der Waals surface area contributed by atoms with Crippen LogP contribution in [0.3, 0.4) is 0 Å². The standard InChI is InChI=1S/C26H41N7O14S3.C2HF3O2/c27-11(24(42)43)1-4-17(34)30-15(9-49)22(40)32-13(26(46)47)3-6-19(36)31-16(10-50)23(41)33-12(25(44)45)2-5-18(35)29-14(8-48)21(39)28-7-20(37)38;3-2(4,5)1(6)7/h11-16,48-50H,1-10,27H2,(H,28,39)(H,29,35)(H,30,34)(H,31,36)(H,32,40)(H,33,41)(H,37,38)(H,42,43)(H,44,45)(H,46,47);(H,6,7)/t11-,12-,13-,14-,15-,16-;/m0./s1. The summed E-state index contributed by atoms with van der Waals surface area (Å²) in [5, 5.41) is 56.8. The van der Waals surface area contributed by atoms with Crippen molar-refractivity contribution >= 4 is 103 Å². The molecular formula is C28H42F3N7O16S3. The summed E-state index contributed by atoms with van der Waals surface area (Å²) in [6.45, 7) is -0.708. The van der Waals surface area contributed by atoms with E-state index in [2.05, 4.69) is 69.8 Å². The van der Waals surface area contributed by atoms with Gasteiger partial charge in [-0.15, -0.1) is 0 Å². The van der Waals surface area contributed by atoms with E-state index in [0.717, 1.165) is 0 Å². The van der Waals surface area contributed by atoms with Crippen LogP contribution in [-0.2, 0) is 52.7 Å². The van der Waals surface area contributed by atoms with E-state index in [1.807, 2.05) is 0 Å². The number of carbonyl (C=O) groups is 11. The third kappa shape index (κ3) is 24.3. The number of hydrogen-bond donors (Lipinski definition) is 15. The van der Waals surface area contributed by atoms with Gasteiger partial charge in [-0.05, 0) is 19.3 Å². The van der Waals surface area contributed by atoms with Crippen molar-refractivity contribution in [2.75, 3.05) is 23.8 Å². The fourth-order valence-corrected chi connectivity index (χ4v) is 4.46. The van der Waals surface area contributed by atoms with Crippen molar-refractivity contribution in [2.24, 2.45) is 5.73 Å². The number of alkyl halides is 3. The largest absolute Gasteiger partial charge is 0.490 e. The molecule has 0 aromatic heterocycles. The molecule has 0 spiro atoms. The smallest absolute Gasteiger partial charge is 0.480 e. The summed E-state index contributed by atoms with van der Waals surface area (Å²) in [5.41, 5.74) is 5.33. The van der Waals surface area contributed by atoms with Gasteiger partial charge in [0.1, 0.15) is 42.8 Å². The maximum atomic E-state index is 12.7. The van der Waals surface area contributed by atoms with Gasteiger partial charge in [-0.3, -0.25) is 38.4 Å². The minimum atomic E-state index is -5.08. The van der Waals surface area contributed by atoms with Gasteiger partial charge in [-0.25, -0.2) is 14.4 Å². The molecule has 0 aromatic rings. The van der Waals surface area contributed by atoms with Crippen molar-refractivity contribution in [1.29, 1.82) is 0 Å². The molecule has 0 saturated carbocycles. The molecule has 0 unspecified atom stereocenters. The topological polar surface area (TPSA) is 387 Å². The molecule has 0 aliphatic carbocycles. The molecule has 57 heavy (non-hydrogen) atoms. The highest BCUT2D eigenvalue weighted by atomic mass is 32.1. The Morgan fingerprint density at radius 2 is 0.825 bits per heavy atom. The third-order valence-electron chi connectivity index (χ3n) is 6.71. The molecule has 0 saturated heterocycles. The van der Waals surface area contributed by atoms with Crippen LogP contribution in [0.4, 0.5) is 13.2 Å². The molecule has 0 aliphatic heterocycles. The molecule has 0 fully saturated rings. The molecule has 0 rings (SSSR count). The Labute approximate surface area is 336 Å². The zero-order valence-electron chi connectivity index (χ0n) is 29.3. The first kappa shape index (κ1) is 54.1. The number of amides is 6. The Kier molecular flexibility index (Phi) is 26.1. The molecule has 23 nitrogen and oxygen atoms in total. The van der Waals surface area contributed by atoms with Crippen molar-refractivity contribution in [3.8, 4) is 0 Å². The van der Waals surface area contributed by atoms with Crippen LogP contribution < -0.4 is 37.6 Å². The Balaban J connectivity index is 0. The van der Waals surface area contributed by atoms with Gasteiger partial charge in [-0.2, -0.15) is 51.1 Å². The van der Waals surface area contributed by atoms with Gasteiger partial charge in [0.25, 0.3) is 0 Å². The van der Waals surface area contributed by atoms with E-state index in [4.69, 9.17) is 25.8 Å². The van der Waals surface area contributed by atoms with E-state index in [1.54, 1.807) is 0 Å². The average molecular weight is 886 g/mol. The van der Waals surface area contributed by atoms with Crippen molar-refractivity contribution in [2.45, 2.75) is 81.0 Å². The number of hydrogen-bond acceptors (Lipinski definition) is 15. The van der Waals surface area contributed by atoms with E-state index in [1.165, 1.54) is 0 Å². The summed E-state index contributed by atoms with van der Waals surface area (Å²) in [6.07, 6.45) is -7.64. The number of carbonyl (C=O) groups excluding carboxylic acids is 6. The van der Waals surface area contributed by atoms with Crippen molar-refractivity contribution in [3.05, 3.63) is 0 Å². The number of thiol groups is 3. The third-order valence-corrected chi connectivity index (χ3v) is 7.80. The second kappa shape index (κ2) is 27.5. The van der Waals surface area contributed by atoms with E-state index in [0.29, 0.717) is 0 Å². The first-order valence-corrected chi connectivity index (χ1v) is 17.8. The Morgan fingerprint density at radius 3 is 1.09 bits per heavy atom. The van der Waals surface area contributed by atoms with E-state index in [-0.39, 0.29) is 30.1 Å². The summed E-state index contributed by atoms with van der Waals surface area (Å²) in [6, 6.07) is -8.55. The lowest BCUT2D eigenvalue weighted by Gasteiger charge is -2.22. The summed E-state index contributed by atoms with van der Waals surface area (Å²) in [4.78, 5) is 128. The summed E-state index contributed by atoms with van der Waals surface area (Å²) < 4.78 is 31.7. The van der Waals surface area contributed by atoms with Crippen molar-refractivity contribution in [1.82, 2.24) is 31.9 Å². The molecule has 324 valence electrons. The maximum absolute atomic E-state index is 12.7. The van der Waals surface area contributed by atoms with Crippen LogP contribution in [0.25, 0.3) is 0 Å². The number of carboxylic acid groups (broad SMARTS) is 5. The Bertz CT molecular complexity index is 1480. The fourth-order valence-electron chi connectivity index (χ4n) is 3.69. The Hall–Kier alpha value is -5.03. The van der Waals surface area contributed by atoms with Gasteiger partial charge in [0.2, 0.25) is 35.4 Å². The normalized spacial score (nSPS) is 13.9. The molecule has 6 atom stereocenters. The maximum Gasteiger partial charge on any atom is 0.490 e. The van der Waals surface area contributed by atoms with Crippen LogP contribution in [0, 0.1) is 0 Å². The molecule has 0 radical (unpaired) electrons. The highest BCUT2D eigenvalue weighted by Crippen LogP contribution is 2.13. The zero-order chi connectivity index (χ0) is 44.6. The van der Waals surface area contributed by atoms with Crippen molar-refractivity contribution in [3.63, 3.8) is 0 Å². The molecule has 0 bridgehead atoms. The van der Waals surface area contributed by atoms with Gasteiger partial charge in [0.05, 0.1) is 0 Å². The first-order valence-electron chi connectivity index (χ1n) is 15.9.